The molecule has 2 nitrogen and oxygen atoms in total. The summed E-state index contributed by atoms with van der Waals surface area (Å²) >= 11 is 3.39. The Morgan fingerprint density at radius 2 is 1.90 bits per heavy atom. The number of ketones is 1. The Morgan fingerprint density at radius 1 is 1.15 bits per heavy atom. The van der Waals surface area contributed by atoms with Crippen molar-refractivity contribution in [2.24, 2.45) is 0 Å². The molecule has 0 radical (unpaired) electrons. The predicted octanol–water partition coefficient (Wildman–Crippen LogP) is 4.42. The molecule has 1 fully saturated rings. The number of ether oxygens (including phenoxy) is 1. The Labute approximate surface area is 126 Å². The van der Waals surface area contributed by atoms with Crippen LogP contribution in [0, 0.1) is 0 Å². The van der Waals surface area contributed by atoms with E-state index in [1.807, 2.05) is 48.5 Å². The topological polar surface area (TPSA) is 26.3 Å². The van der Waals surface area contributed by atoms with Crippen molar-refractivity contribution in [3.63, 3.8) is 0 Å². The second-order valence-corrected chi connectivity index (χ2v) is 5.99. The van der Waals surface area contributed by atoms with Crippen LogP contribution in [0.3, 0.4) is 0 Å². The summed E-state index contributed by atoms with van der Waals surface area (Å²) < 4.78 is 6.75. The van der Waals surface area contributed by atoms with Gasteiger partial charge in [0.15, 0.2) is 5.78 Å². The van der Waals surface area contributed by atoms with E-state index in [1.54, 1.807) is 0 Å². The first-order valence-corrected chi connectivity index (χ1v) is 7.54. The van der Waals surface area contributed by atoms with Crippen LogP contribution < -0.4 is 4.74 Å². The lowest BCUT2D eigenvalue weighted by Gasteiger charge is -2.06. The van der Waals surface area contributed by atoms with E-state index < -0.39 is 0 Å². The van der Waals surface area contributed by atoms with Crippen LogP contribution in [0.5, 0.6) is 5.75 Å². The first kappa shape index (κ1) is 13.4. The molecule has 1 aliphatic rings. The van der Waals surface area contributed by atoms with Crippen LogP contribution in [0.1, 0.15) is 28.8 Å². The van der Waals surface area contributed by atoms with E-state index in [-0.39, 0.29) is 5.78 Å². The average molecular weight is 331 g/mol. The van der Waals surface area contributed by atoms with Gasteiger partial charge in [0.25, 0.3) is 0 Å². The quantitative estimate of drug-likeness (QED) is 0.759. The van der Waals surface area contributed by atoms with Crippen LogP contribution in [0.15, 0.2) is 53.0 Å². The molecule has 0 spiro atoms. The molecule has 0 amide bonds. The van der Waals surface area contributed by atoms with Gasteiger partial charge in [-0.3, -0.25) is 4.79 Å². The van der Waals surface area contributed by atoms with Crippen molar-refractivity contribution in [2.75, 3.05) is 0 Å². The molecule has 0 unspecified atom stereocenters. The van der Waals surface area contributed by atoms with Gasteiger partial charge in [-0.1, -0.05) is 40.2 Å². The van der Waals surface area contributed by atoms with Crippen LogP contribution in [0.2, 0.25) is 0 Å². The van der Waals surface area contributed by atoms with E-state index in [1.165, 1.54) is 0 Å². The smallest absolute Gasteiger partial charge is 0.167 e. The average Bonchev–Trinajstić information content (AvgIpc) is 3.25. The summed E-state index contributed by atoms with van der Waals surface area (Å²) in [5.74, 6) is 0.919. The minimum Gasteiger partial charge on any atom is -0.490 e. The van der Waals surface area contributed by atoms with E-state index in [4.69, 9.17) is 4.74 Å². The highest BCUT2D eigenvalue weighted by molar-refractivity contribution is 9.10. The SMILES string of the molecule is O=C(Cc1ccc(Br)cc1)c1cccc(OC2CC2)c1. The van der Waals surface area contributed by atoms with Crippen LogP contribution in [-0.2, 0) is 6.42 Å². The van der Waals surface area contributed by atoms with Crippen LogP contribution in [-0.4, -0.2) is 11.9 Å². The highest BCUT2D eigenvalue weighted by Gasteiger charge is 2.23. The van der Waals surface area contributed by atoms with Gasteiger partial charge in [0.1, 0.15) is 5.75 Å². The van der Waals surface area contributed by atoms with Crippen molar-refractivity contribution in [2.45, 2.75) is 25.4 Å². The molecule has 102 valence electrons. The number of halogens is 1. The van der Waals surface area contributed by atoms with Gasteiger partial charge in [0, 0.05) is 16.5 Å². The van der Waals surface area contributed by atoms with Gasteiger partial charge in [-0.15, -0.1) is 0 Å². The Hall–Kier alpha value is -1.61. The highest BCUT2D eigenvalue weighted by atomic mass is 79.9. The summed E-state index contributed by atoms with van der Waals surface area (Å²) in [5.41, 5.74) is 1.73. The zero-order valence-electron chi connectivity index (χ0n) is 11.0. The lowest BCUT2D eigenvalue weighted by atomic mass is 10.0. The summed E-state index contributed by atoms with van der Waals surface area (Å²) in [6.45, 7) is 0. The molecule has 2 aromatic rings. The van der Waals surface area contributed by atoms with E-state index in [0.717, 1.165) is 28.6 Å². The molecule has 0 heterocycles. The number of hydrogen-bond donors (Lipinski definition) is 0. The van der Waals surface area contributed by atoms with Crippen LogP contribution in [0.25, 0.3) is 0 Å². The van der Waals surface area contributed by atoms with E-state index in [0.29, 0.717) is 18.1 Å². The van der Waals surface area contributed by atoms with E-state index >= 15 is 0 Å². The third-order valence-corrected chi connectivity index (χ3v) is 3.79. The molecule has 3 rings (SSSR count). The fraction of sp³-hybridized carbons (Fsp3) is 0.235. The lowest BCUT2D eigenvalue weighted by Crippen LogP contribution is -2.04. The third kappa shape index (κ3) is 3.48. The van der Waals surface area contributed by atoms with Gasteiger partial charge < -0.3 is 4.74 Å². The normalized spacial score (nSPS) is 14.1. The van der Waals surface area contributed by atoms with Gasteiger partial charge in [0.05, 0.1) is 6.10 Å². The molecule has 0 aliphatic heterocycles. The van der Waals surface area contributed by atoms with Gasteiger partial charge in [-0.2, -0.15) is 0 Å². The Kier molecular flexibility index (Phi) is 3.88. The Morgan fingerprint density at radius 3 is 2.60 bits per heavy atom. The molecule has 0 bridgehead atoms. The highest BCUT2D eigenvalue weighted by Crippen LogP contribution is 2.27. The van der Waals surface area contributed by atoms with Crippen molar-refractivity contribution < 1.29 is 9.53 Å². The standard InChI is InChI=1S/C17H15BrO2/c18-14-6-4-12(5-7-14)10-17(19)13-2-1-3-16(11-13)20-15-8-9-15/h1-7,11,15H,8-10H2. The van der Waals surface area contributed by atoms with E-state index in [9.17, 15) is 4.79 Å². The number of hydrogen-bond acceptors (Lipinski definition) is 2. The number of carbonyl (C=O) groups is 1. The second-order valence-electron chi connectivity index (χ2n) is 5.07. The molecule has 0 saturated heterocycles. The molecule has 0 aromatic heterocycles. The summed E-state index contributed by atoms with van der Waals surface area (Å²) in [6, 6.07) is 15.3. The Bertz CT molecular complexity index is 615. The van der Waals surface area contributed by atoms with Crippen molar-refractivity contribution in [1.82, 2.24) is 0 Å². The molecule has 20 heavy (non-hydrogen) atoms. The van der Waals surface area contributed by atoms with Crippen molar-refractivity contribution in [3.05, 3.63) is 64.1 Å². The molecule has 0 N–H and O–H groups in total. The molecule has 2 aromatic carbocycles. The predicted molar refractivity (Wildman–Crippen MR) is 82.3 cm³/mol. The fourth-order valence-corrected chi connectivity index (χ4v) is 2.28. The van der Waals surface area contributed by atoms with Crippen LogP contribution >= 0.6 is 15.9 Å². The maximum Gasteiger partial charge on any atom is 0.167 e. The maximum absolute atomic E-state index is 12.3. The molecular weight excluding hydrogens is 316 g/mol. The first-order valence-electron chi connectivity index (χ1n) is 6.75. The first-order chi connectivity index (χ1) is 9.70. The summed E-state index contributed by atoms with van der Waals surface area (Å²) in [4.78, 5) is 12.3. The zero-order chi connectivity index (χ0) is 13.9. The van der Waals surface area contributed by atoms with Crippen LogP contribution in [0.4, 0.5) is 0 Å². The summed E-state index contributed by atoms with van der Waals surface area (Å²) in [7, 11) is 0. The molecular formula is C17H15BrO2. The van der Waals surface area contributed by atoms with Crippen molar-refractivity contribution >= 4 is 21.7 Å². The maximum atomic E-state index is 12.3. The minimum absolute atomic E-state index is 0.119. The number of rotatable bonds is 5. The Balaban J connectivity index is 1.71. The molecule has 3 heteroatoms. The minimum atomic E-state index is 0.119. The van der Waals surface area contributed by atoms with Crippen molar-refractivity contribution in [3.8, 4) is 5.75 Å². The molecule has 1 saturated carbocycles. The van der Waals surface area contributed by atoms with Gasteiger partial charge in [-0.25, -0.2) is 0 Å². The fourth-order valence-electron chi connectivity index (χ4n) is 2.01. The third-order valence-electron chi connectivity index (χ3n) is 3.26. The zero-order valence-corrected chi connectivity index (χ0v) is 12.6. The van der Waals surface area contributed by atoms with Gasteiger partial charge >= 0.3 is 0 Å². The lowest BCUT2D eigenvalue weighted by molar-refractivity contribution is 0.0992. The number of carbonyl (C=O) groups excluding carboxylic acids is 1. The summed E-state index contributed by atoms with van der Waals surface area (Å²) in [6.07, 6.45) is 3.01. The molecule has 1 aliphatic carbocycles. The van der Waals surface area contributed by atoms with Crippen molar-refractivity contribution in [1.29, 1.82) is 0 Å². The van der Waals surface area contributed by atoms with Gasteiger partial charge in [-0.05, 0) is 42.7 Å². The number of benzene rings is 2. The number of Topliss-reactive ketones (excluding diaryl/α,β-unsaturated/α-hetero) is 1. The largest absolute Gasteiger partial charge is 0.490 e. The van der Waals surface area contributed by atoms with Gasteiger partial charge in [0.2, 0.25) is 0 Å². The summed E-state index contributed by atoms with van der Waals surface area (Å²) in [5, 5.41) is 0. The monoisotopic (exact) mass is 330 g/mol. The van der Waals surface area contributed by atoms with E-state index in [2.05, 4.69) is 15.9 Å². The molecule has 0 atom stereocenters. The second kappa shape index (κ2) is 5.80.